The van der Waals surface area contributed by atoms with Gasteiger partial charge in [-0.15, -0.1) is 0 Å². The van der Waals surface area contributed by atoms with Crippen molar-refractivity contribution in [2.24, 2.45) is 0 Å². The number of guanidine groups is 1. The molecule has 0 atom stereocenters. The molecule has 0 saturated heterocycles. The number of hydrogen-bond donors (Lipinski definition) is 3. The molecule has 120 valence electrons. The smallest absolute Gasteiger partial charge is 0.213 e. The number of methoxy groups -OCH3 is 1. The van der Waals surface area contributed by atoms with Crippen LogP contribution in [0.3, 0.4) is 0 Å². The lowest BCUT2D eigenvalue weighted by atomic mass is 10.1. The van der Waals surface area contributed by atoms with E-state index in [0.717, 1.165) is 27.9 Å². The average Bonchev–Trinajstić information content (AvgIpc) is 2.62. The lowest BCUT2D eigenvalue weighted by Crippen LogP contribution is -2.28. The van der Waals surface area contributed by atoms with Crippen LogP contribution in [-0.2, 0) is 4.79 Å². The quantitative estimate of drug-likeness (QED) is 0.392. The van der Waals surface area contributed by atoms with Gasteiger partial charge in [0.15, 0.2) is 5.96 Å². The van der Waals surface area contributed by atoms with E-state index in [2.05, 4.69) is 15.6 Å². The molecule has 3 aromatic rings. The predicted octanol–water partition coefficient (Wildman–Crippen LogP) is 3.00. The maximum absolute atomic E-state index is 10.5. The minimum Gasteiger partial charge on any atom is -0.497 e. The van der Waals surface area contributed by atoms with Crippen molar-refractivity contribution in [1.82, 2.24) is 10.3 Å². The van der Waals surface area contributed by atoms with Gasteiger partial charge in [-0.25, -0.2) is 4.98 Å². The van der Waals surface area contributed by atoms with E-state index in [4.69, 9.17) is 10.1 Å². The van der Waals surface area contributed by atoms with E-state index in [1.54, 1.807) is 7.11 Å². The van der Waals surface area contributed by atoms with Gasteiger partial charge in [-0.05, 0) is 36.4 Å². The van der Waals surface area contributed by atoms with Crippen LogP contribution in [0.1, 0.15) is 0 Å². The number of hydrogen-bond acceptors (Lipinski definition) is 4. The number of aromatic nitrogens is 1. The van der Waals surface area contributed by atoms with Crippen LogP contribution >= 0.6 is 0 Å². The Hall–Kier alpha value is -3.41. The summed E-state index contributed by atoms with van der Waals surface area (Å²) in [4.78, 5) is 15.2. The van der Waals surface area contributed by atoms with Crippen molar-refractivity contribution < 1.29 is 9.53 Å². The maximum Gasteiger partial charge on any atom is 0.213 e. The Morgan fingerprint density at radius 3 is 2.62 bits per heavy atom. The fourth-order valence-electron chi connectivity index (χ4n) is 2.42. The van der Waals surface area contributed by atoms with E-state index < -0.39 is 0 Å². The minimum atomic E-state index is -0.0953. The summed E-state index contributed by atoms with van der Waals surface area (Å²) in [5, 5.41) is 13.8. The molecule has 1 amide bonds. The molecule has 0 aliphatic rings. The van der Waals surface area contributed by atoms with Crippen molar-refractivity contribution in [2.75, 3.05) is 12.4 Å². The van der Waals surface area contributed by atoms with Crippen molar-refractivity contribution in [3.05, 3.63) is 54.6 Å². The molecule has 24 heavy (non-hydrogen) atoms. The zero-order valence-electron chi connectivity index (χ0n) is 13.0. The summed E-state index contributed by atoms with van der Waals surface area (Å²) in [6.07, 6.45) is 0.461. The van der Waals surface area contributed by atoms with Gasteiger partial charge < -0.3 is 10.1 Å². The van der Waals surface area contributed by atoms with Crippen LogP contribution < -0.4 is 15.4 Å². The van der Waals surface area contributed by atoms with Gasteiger partial charge in [0, 0.05) is 10.9 Å². The molecule has 3 rings (SSSR count). The maximum atomic E-state index is 10.5. The van der Waals surface area contributed by atoms with Crippen LogP contribution in [0.2, 0.25) is 0 Å². The number of nitrogens with zero attached hydrogens (tertiary/aromatic N) is 1. The van der Waals surface area contributed by atoms with Gasteiger partial charge in [-0.2, -0.15) is 0 Å². The van der Waals surface area contributed by atoms with E-state index >= 15 is 0 Å². The lowest BCUT2D eigenvalue weighted by Gasteiger charge is -2.12. The number of nitrogens with one attached hydrogen (secondary N) is 3. The molecule has 1 heterocycles. The molecule has 0 spiro atoms. The van der Waals surface area contributed by atoms with Crippen molar-refractivity contribution in [2.45, 2.75) is 0 Å². The number of fused-ring (bicyclic) bond motifs is 1. The Balaban J connectivity index is 2.08. The molecule has 3 N–H and O–H groups in total. The second-order valence-electron chi connectivity index (χ2n) is 5.06. The highest BCUT2D eigenvalue weighted by Crippen LogP contribution is 2.29. The van der Waals surface area contributed by atoms with Gasteiger partial charge in [-0.3, -0.25) is 15.5 Å². The molecule has 6 nitrogen and oxygen atoms in total. The summed E-state index contributed by atoms with van der Waals surface area (Å²) < 4.78 is 5.18. The topological polar surface area (TPSA) is 87.1 Å². The highest BCUT2D eigenvalue weighted by Gasteiger charge is 2.09. The highest BCUT2D eigenvalue weighted by molar-refractivity contribution is 6.04. The first kappa shape index (κ1) is 15.5. The average molecular weight is 320 g/mol. The van der Waals surface area contributed by atoms with Crippen LogP contribution in [-0.4, -0.2) is 24.5 Å². The zero-order valence-corrected chi connectivity index (χ0v) is 13.0. The Labute approximate surface area is 139 Å². The zero-order chi connectivity index (χ0) is 16.9. The van der Waals surface area contributed by atoms with Crippen LogP contribution in [0.15, 0.2) is 54.6 Å². The Morgan fingerprint density at radius 2 is 1.92 bits per heavy atom. The van der Waals surface area contributed by atoms with Crippen molar-refractivity contribution in [3.63, 3.8) is 0 Å². The second kappa shape index (κ2) is 6.78. The van der Waals surface area contributed by atoms with E-state index in [-0.39, 0.29) is 5.96 Å². The van der Waals surface area contributed by atoms with Crippen molar-refractivity contribution in [1.29, 1.82) is 5.41 Å². The van der Waals surface area contributed by atoms with E-state index in [1.165, 1.54) is 0 Å². The molecular weight excluding hydrogens is 304 g/mol. The second-order valence-corrected chi connectivity index (χ2v) is 5.06. The number of carbonyl (C=O) groups excluding carboxylic acids is 1. The fourth-order valence-corrected chi connectivity index (χ4v) is 2.42. The van der Waals surface area contributed by atoms with E-state index in [9.17, 15) is 4.79 Å². The molecule has 0 fully saturated rings. The largest absolute Gasteiger partial charge is 0.497 e. The number of anilines is 1. The van der Waals surface area contributed by atoms with Gasteiger partial charge in [0.1, 0.15) is 5.75 Å². The molecule has 0 unspecified atom stereocenters. The van der Waals surface area contributed by atoms with Crippen molar-refractivity contribution >= 4 is 29.0 Å². The first-order chi connectivity index (χ1) is 11.7. The number of pyridine rings is 1. The third kappa shape index (κ3) is 3.17. The summed E-state index contributed by atoms with van der Waals surface area (Å²) in [5.74, 6) is 0.678. The molecule has 0 saturated carbocycles. The Bertz CT molecular complexity index is 891. The molecular formula is C18H16N4O2. The first-order valence-electron chi connectivity index (χ1n) is 7.31. The third-order valence-corrected chi connectivity index (χ3v) is 3.56. The number of rotatable bonds is 4. The van der Waals surface area contributed by atoms with Crippen LogP contribution in [0.4, 0.5) is 5.69 Å². The number of carbonyl (C=O) groups is 1. The van der Waals surface area contributed by atoms with Crippen LogP contribution in [0.25, 0.3) is 22.2 Å². The van der Waals surface area contributed by atoms with E-state index in [1.807, 2.05) is 54.6 Å². The monoisotopic (exact) mass is 320 g/mol. The summed E-state index contributed by atoms with van der Waals surface area (Å²) >= 11 is 0. The standard InChI is InChI=1S/C18H16N4O2/c1-24-13-8-6-12(7-9-13)16-10-17(22-18(19)20-11-23)14-4-2-3-5-15(14)21-16/h2-11H,1H3,(H3,19,20,21,22,23). The number of amides is 1. The Kier molecular flexibility index (Phi) is 4.38. The third-order valence-electron chi connectivity index (χ3n) is 3.56. The SMILES string of the molecule is COc1ccc(-c2cc(NC(=N)NC=O)c3ccccc3n2)cc1. The van der Waals surface area contributed by atoms with Crippen LogP contribution in [0, 0.1) is 5.41 Å². The van der Waals surface area contributed by atoms with Crippen LogP contribution in [0.5, 0.6) is 5.75 Å². The molecule has 2 aromatic carbocycles. The molecule has 0 radical (unpaired) electrons. The molecule has 0 bridgehead atoms. The highest BCUT2D eigenvalue weighted by atomic mass is 16.5. The molecule has 1 aromatic heterocycles. The summed E-state index contributed by atoms with van der Waals surface area (Å²) in [7, 11) is 1.62. The number of ether oxygens (including phenoxy) is 1. The first-order valence-corrected chi connectivity index (χ1v) is 7.31. The predicted molar refractivity (Wildman–Crippen MR) is 94.3 cm³/mol. The van der Waals surface area contributed by atoms with Crippen molar-refractivity contribution in [3.8, 4) is 17.0 Å². The lowest BCUT2D eigenvalue weighted by molar-refractivity contribution is -0.108. The normalized spacial score (nSPS) is 10.2. The number of benzene rings is 2. The van der Waals surface area contributed by atoms with Gasteiger partial charge in [0.05, 0.1) is 24.0 Å². The molecule has 0 aliphatic heterocycles. The fraction of sp³-hybridized carbons (Fsp3) is 0.0556. The van der Waals surface area contributed by atoms with Gasteiger partial charge in [0.25, 0.3) is 0 Å². The van der Waals surface area contributed by atoms with Gasteiger partial charge >= 0.3 is 0 Å². The molecule has 0 aliphatic carbocycles. The molecule has 6 heteroatoms. The number of para-hydroxylation sites is 1. The van der Waals surface area contributed by atoms with Gasteiger partial charge in [0.2, 0.25) is 6.41 Å². The summed E-state index contributed by atoms with van der Waals surface area (Å²) in [5.41, 5.74) is 3.19. The summed E-state index contributed by atoms with van der Waals surface area (Å²) in [6, 6.07) is 17.1. The van der Waals surface area contributed by atoms with E-state index in [0.29, 0.717) is 12.1 Å². The minimum absolute atomic E-state index is 0.0953. The summed E-state index contributed by atoms with van der Waals surface area (Å²) in [6.45, 7) is 0. The Morgan fingerprint density at radius 1 is 1.17 bits per heavy atom. The van der Waals surface area contributed by atoms with Gasteiger partial charge in [-0.1, -0.05) is 18.2 Å².